The van der Waals surface area contributed by atoms with Crippen molar-refractivity contribution in [2.24, 2.45) is 9.98 Å². The Labute approximate surface area is 172 Å². The van der Waals surface area contributed by atoms with E-state index in [1.165, 1.54) is 28.1 Å². The molecule has 0 radical (unpaired) electrons. The highest BCUT2D eigenvalue weighted by Crippen LogP contribution is 2.30. The topological polar surface area (TPSA) is 62.8 Å². The van der Waals surface area contributed by atoms with Gasteiger partial charge in [-0.25, -0.2) is 4.68 Å². The highest BCUT2D eigenvalue weighted by molar-refractivity contribution is 6.03. The summed E-state index contributed by atoms with van der Waals surface area (Å²) in [5, 5.41) is 13.6. The van der Waals surface area contributed by atoms with Crippen LogP contribution in [0.5, 0.6) is 0 Å². The number of rotatable bonds is 5. The normalized spacial score (nSPS) is 19.3. The number of aromatic nitrogens is 2. The summed E-state index contributed by atoms with van der Waals surface area (Å²) in [4.78, 5) is 10.1. The minimum Gasteiger partial charge on any atom is -0.392 e. The quantitative estimate of drug-likeness (QED) is 0.814. The zero-order valence-corrected chi connectivity index (χ0v) is 17.4. The third kappa shape index (κ3) is 4.15. The van der Waals surface area contributed by atoms with Crippen LogP contribution in [0.15, 0.2) is 69.6 Å². The van der Waals surface area contributed by atoms with Crippen LogP contribution in [0.3, 0.4) is 0 Å². The fourth-order valence-electron chi connectivity index (χ4n) is 4.11. The van der Waals surface area contributed by atoms with E-state index in [9.17, 15) is 5.11 Å². The van der Waals surface area contributed by atoms with Crippen molar-refractivity contribution in [3.05, 3.63) is 70.7 Å². The van der Waals surface area contributed by atoms with Crippen molar-refractivity contribution in [2.75, 3.05) is 0 Å². The Morgan fingerprint density at radius 3 is 2.62 bits per heavy atom. The number of aliphatic hydroxyl groups is 1. The van der Waals surface area contributed by atoms with Crippen LogP contribution in [0.25, 0.3) is 5.69 Å². The van der Waals surface area contributed by atoms with Gasteiger partial charge in [-0.3, -0.25) is 9.98 Å². The maximum Gasteiger partial charge on any atom is 0.0717 e. The highest BCUT2D eigenvalue weighted by Gasteiger charge is 2.23. The van der Waals surface area contributed by atoms with E-state index in [1.54, 1.807) is 10.9 Å². The van der Waals surface area contributed by atoms with Gasteiger partial charge in [-0.1, -0.05) is 19.1 Å². The molecular formula is C24H28N4O. The maximum absolute atomic E-state index is 9.24. The van der Waals surface area contributed by atoms with Gasteiger partial charge in [0, 0.05) is 35.3 Å². The van der Waals surface area contributed by atoms with Crippen LogP contribution in [0.2, 0.25) is 0 Å². The Hall–Kier alpha value is -2.79. The Kier molecular flexibility index (Phi) is 5.58. The molecular weight excluding hydrogens is 360 g/mol. The van der Waals surface area contributed by atoms with Gasteiger partial charge in [0.1, 0.15) is 0 Å². The van der Waals surface area contributed by atoms with Gasteiger partial charge < -0.3 is 5.11 Å². The average Bonchev–Trinajstić information content (AvgIpc) is 3.15. The Morgan fingerprint density at radius 2 is 1.93 bits per heavy atom. The van der Waals surface area contributed by atoms with Crippen molar-refractivity contribution in [3.8, 4) is 5.69 Å². The minimum atomic E-state index is 0.00338. The zero-order chi connectivity index (χ0) is 20.4. The van der Waals surface area contributed by atoms with Gasteiger partial charge >= 0.3 is 0 Å². The van der Waals surface area contributed by atoms with Crippen LogP contribution >= 0.6 is 0 Å². The third-order valence-electron chi connectivity index (χ3n) is 5.67. The lowest BCUT2D eigenvalue weighted by Gasteiger charge is -2.14. The van der Waals surface area contributed by atoms with Crippen LogP contribution in [-0.2, 0) is 13.0 Å². The first-order valence-electron chi connectivity index (χ1n) is 10.3. The number of hydrogen-bond donors (Lipinski definition) is 1. The minimum absolute atomic E-state index is 0.00338. The lowest BCUT2D eigenvalue weighted by Crippen LogP contribution is -2.11. The molecule has 0 amide bonds. The van der Waals surface area contributed by atoms with E-state index in [-0.39, 0.29) is 12.6 Å². The average molecular weight is 389 g/mol. The molecule has 0 fully saturated rings. The lowest BCUT2D eigenvalue weighted by atomic mass is 9.95. The van der Waals surface area contributed by atoms with Gasteiger partial charge in [-0.15, -0.1) is 0 Å². The van der Waals surface area contributed by atoms with E-state index in [0.717, 1.165) is 42.6 Å². The molecule has 2 aliphatic rings. The monoisotopic (exact) mass is 388 g/mol. The number of fused-ring (bicyclic) bond motifs is 3. The summed E-state index contributed by atoms with van der Waals surface area (Å²) in [6.07, 6.45) is 9.50. The summed E-state index contributed by atoms with van der Waals surface area (Å²) >= 11 is 0. The number of allylic oxidation sites excluding steroid dienone is 3. The molecule has 1 unspecified atom stereocenters. The smallest absolute Gasteiger partial charge is 0.0717 e. The Bertz CT molecular complexity index is 1020. The second kappa shape index (κ2) is 8.29. The Morgan fingerprint density at radius 1 is 1.14 bits per heavy atom. The van der Waals surface area contributed by atoms with E-state index >= 15 is 0 Å². The van der Waals surface area contributed by atoms with Gasteiger partial charge in [0.2, 0.25) is 0 Å². The molecule has 1 aromatic heterocycles. The molecule has 2 aromatic rings. The second-order valence-electron chi connectivity index (χ2n) is 7.85. The molecule has 150 valence electrons. The molecule has 0 aliphatic carbocycles. The summed E-state index contributed by atoms with van der Waals surface area (Å²) in [6.45, 7) is 6.45. The van der Waals surface area contributed by atoms with E-state index in [1.807, 2.05) is 6.20 Å². The van der Waals surface area contributed by atoms with Crippen molar-refractivity contribution < 1.29 is 5.11 Å². The molecule has 1 N–H and O–H groups in total. The zero-order valence-electron chi connectivity index (χ0n) is 17.4. The van der Waals surface area contributed by atoms with Gasteiger partial charge in [0.05, 0.1) is 24.5 Å². The molecule has 2 bridgehead atoms. The number of benzene rings is 1. The first-order valence-corrected chi connectivity index (χ1v) is 10.3. The summed E-state index contributed by atoms with van der Waals surface area (Å²) < 4.78 is 1.79. The largest absolute Gasteiger partial charge is 0.392 e. The van der Waals surface area contributed by atoms with Crippen LogP contribution in [0.1, 0.15) is 51.2 Å². The Balaban J connectivity index is 1.65. The number of aliphatic imine (C=N–C) groups is 2. The van der Waals surface area contributed by atoms with Gasteiger partial charge in [-0.2, -0.15) is 5.10 Å². The molecule has 5 nitrogen and oxygen atoms in total. The van der Waals surface area contributed by atoms with Crippen molar-refractivity contribution in [3.63, 3.8) is 0 Å². The molecule has 0 saturated carbocycles. The molecule has 4 rings (SSSR count). The van der Waals surface area contributed by atoms with Crippen molar-refractivity contribution >= 4 is 11.4 Å². The predicted molar refractivity (Wildman–Crippen MR) is 118 cm³/mol. The highest BCUT2D eigenvalue weighted by atomic mass is 16.3. The fourth-order valence-corrected chi connectivity index (χ4v) is 4.11. The van der Waals surface area contributed by atoms with Gasteiger partial charge in [0.25, 0.3) is 0 Å². The van der Waals surface area contributed by atoms with E-state index in [2.05, 4.69) is 56.2 Å². The molecule has 5 heteroatoms. The number of aliphatic hydroxyl groups excluding tert-OH is 1. The van der Waals surface area contributed by atoms with E-state index in [0.29, 0.717) is 0 Å². The number of nitrogens with zero attached hydrogens (tertiary/aromatic N) is 4. The summed E-state index contributed by atoms with van der Waals surface area (Å²) in [7, 11) is 0. The SMILES string of the molecule is CCC1=NC2CCC(=C1Cc1ccc(-n3cc(CO)cn3)cc1)N=C(C)C=C2C. The first-order chi connectivity index (χ1) is 14.1. The van der Waals surface area contributed by atoms with Crippen LogP contribution in [0.4, 0.5) is 0 Å². The number of hydrogen-bond acceptors (Lipinski definition) is 4. The van der Waals surface area contributed by atoms with Crippen molar-refractivity contribution in [2.45, 2.75) is 59.1 Å². The molecule has 0 saturated heterocycles. The first kappa shape index (κ1) is 19.5. The molecule has 29 heavy (non-hydrogen) atoms. The van der Waals surface area contributed by atoms with Crippen molar-refractivity contribution in [1.82, 2.24) is 9.78 Å². The predicted octanol–water partition coefficient (Wildman–Crippen LogP) is 4.60. The molecule has 1 aromatic carbocycles. The third-order valence-corrected chi connectivity index (χ3v) is 5.67. The van der Waals surface area contributed by atoms with Crippen LogP contribution < -0.4 is 0 Å². The molecule has 0 spiro atoms. The fraction of sp³-hybridized carbons (Fsp3) is 0.375. The van der Waals surface area contributed by atoms with E-state index in [4.69, 9.17) is 9.98 Å². The lowest BCUT2D eigenvalue weighted by molar-refractivity contribution is 0.282. The summed E-state index contributed by atoms with van der Waals surface area (Å²) in [6, 6.07) is 8.71. The van der Waals surface area contributed by atoms with Crippen LogP contribution in [-0.4, -0.2) is 32.4 Å². The maximum atomic E-state index is 9.24. The molecule has 3 heterocycles. The van der Waals surface area contributed by atoms with Crippen LogP contribution in [0, 0.1) is 0 Å². The van der Waals surface area contributed by atoms with Gasteiger partial charge in [-0.05, 0) is 68.0 Å². The summed E-state index contributed by atoms with van der Waals surface area (Å²) in [5.74, 6) is 0. The van der Waals surface area contributed by atoms with Crippen molar-refractivity contribution in [1.29, 1.82) is 0 Å². The standard InChI is InChI=1S/C24H28N4O/c1-4-22-21(24-10-9-23(27-22)16(2)11-17(3)26-24)12-18-5-7-20(8-6-18)28-14-19(15-29)13-25-28/h5-8,11,13-14,23,29H,4,9-10,12,15H2,1-3H3. The second-order valence-corrected chi connectivity index (χ2v) is 7.85. The molecule has 1 atom stereocenters. The van der Waals surface area contributed by atoms with E-state index < -0.39 is 0 Å². The summed E-state index contributed by atoms with van der Waals surface area (Å²) in [5.41, 5.74) is 9.08. The molecule has 2 aliphatic heterocycles. The van der Waals surface area contributed by atoms with Gasteiger partial charge in [0.15, 0.2) is 0 Å².